The van der Waals surface area contributed by atoms with Crippen LogP contribution in [-0.2, 0) is 0 Å². The quantitative estimate of drug-likeness (QED) is 0.333. The number of nitrogens with zero attached hydrogens (tertiary/aromatic N) is 1. The molecule has 0 spiro atoms. The summed E-state index contributed by atoms with van der Waals surface area (Å²) in [6.07, 6.45) is 1.19. The topological polar surface area (TPSA) is 84.2 Å². The molecule has 0 aliphatic heterocycles. The van der Waals surface area contributed by atoms with Crippen molar-refractivity contribution in [1.29, 1.82) is 0 Å². The lowest BCUT2D eigenvalue weighted by Gasteiger charge is -2.23. The van der Waals surface area contributed by atoms with Gasteiger partial charge in [-0.1, -0.05) is 13.3 Å². The van der Waals surface area contributed by atoms with Gasteiger partial charge in [0.1, 0.15) is 0 Å². The van der Waals surface area contributed by atoms with Gasteiger partial charge in [-0.05, 0) is 11.6 Å². The van der Waals surface area contributed by atoms with E-state index in [4.69, 9.17) is 20.6 Å². The maximum Gasteiger partial charge on any atom is 0.272 e. The van der Waals surface area contributed by atoms with E-state index in [0.29, 0.717) is 6.42 Å². The predicted molar refractivity (Wildman–Crippen MR) is 32.1 cm³/mol. The third-order valence-electron chi connectivity index (χ3n) is 1.19. The molecule has 0 amide bonds. The monoisotopic (exact) mass is 151 g/mol. The first-order valence-corrected chi connectivity index (χ1v) is 3.13. The van der Waals surface area contributed by atoms with Crippen LogP contribution in [0, 0.1) is 0 Å². The van der Waals surface area contributed by atoms with Gasteiger partial charge in [-0.15, -0.1) is 0 Å². The predicted octanol–water partition coefficient (Wildman–Crippen LogP) is -0.105. The Hall–Kier alpha value is -0.200. The van der Waals surface area contributed by atoms with Crippen LogP contribution in [0.3, 0.4) is 0 Å². The fraction of sp³-hybridized carbons (Fsp3) is 1.00. The largest absolute Gasteiger partial charge is 0.350 e. The minimum Gasteiger partial charge on any atom is -0.350 e. The van der Waals surface area contributed by atoms with Crippen molar-refractivity contribution < 1.29 is 20.6 Å². The van der Waals surface area contributed by atoms with Gasteiger partial charge >= 0.3 is 0 Å². The van der Waals surface area contributed by atoms with Crippen molar-refractivity contribution in [3.8, 4) is 0 Å². The van der Waals surface area contributed by atoms with E-state index in [1.54, 1.807) is 0 Å². The molecule has 0 radical (unpaired) electrons. The Kier molecular flexibility index (Phi) is 3.77. The number of hydroxylamine groups is 2. The molecule has 0 rings (SSSR count). The standard InChI is InChI=1S/C5H13NO4/c1-2-3-4-5(7,8)6(9)10/h7-10H,2-4H2,1H3. The molecule has 5 nitrogen and oxygen atoms in total. The highest BCUT2D eigenvalue weighted by molar-refractivity contribution is 4.52. The Morgan fingerprint density at radius 2 is 1.80 bits per heavy atom. The molecular formula is C5H13NO4. The average Bonchev–Trinajstić information content (AvgIpc) is 1.84. The molecule has 0 aliphatic carbocycles. The third kappa shape index (κ3) is 3.09. The lowest BCUT2D eigenvalue weighted by atomic mass is 10.2. The fourth-order valence-corrected chi connectivity index (χ4v) is 0.514. The van der Waals surface area contributed by atoms with E-state index in [1.807, 2.05) is 6.92 Å². The highest BCUT2D eigenvalue weighted by Gasteiger charge is 2.28. The number of rotatable bonds is 4. The van der Waals surface area contributed by atoms with Gasteiger partial charge in [0.15, 0.2) is 0 Å². The summed E-state index contributed by atoms with van der Waals surface area (Å²) in [6, 6.07) is 0. The molecular weight excluding hydrogens is 138 g/mol. The Labute approximate surface area is 59.0 Å². The van der Waals surface area contributed by atoms with Crippen LogP contribution in [0.25, 0.3) is 0 Å². The Bertz CT molecular complexity index is 93.6. The average molecular weight is 151 g/mol. The van der Waals surface area contributed by atoms with Gasteiger partial charge in [-0.25, -0.2) is 0 Å². The van der Waals surface area contributed by atoms with E-state index < -0.39 is 11.1 Å². The summed E-state index contributed by atoms with van der Waals surface area (Å²) in [5.41, 5.74) is 0. The van der Waals surface area contributed by atoms with Crippen LogP contribution >= 0.6 is 0 Å². The zero-order valence-corrected chi connectivity index (χ0v) is 5.86. The molecule has 0 aliphatic rings. The molecule has 0 aromatic rings. The molecule has 4 N–H and O–H groups in total. The zero-order chi connectivity index (χ0) is 8.20. The molecule has 0 saturated heterocycles. The Balaban J connectivity index is 3.63. The van der Waals surface area contributed by atoms with Crippen LogP contribution in [0.5, 0.6) is 0 Å². The summed E-state index contributed by atoms with van der Waals surface area (Å²) >= 11 is 0. The number of unbranched alkanes of at least 4 members (excludes halogenated alkanes) is 1. The van der Waals surface area contributed by atoms with Crippen LogP contribution in [0.4, 0.5) is 0 Å². The van der Waals surface area contributed by atoms with Crippen LogP contribution in [0.15, 0.2) is 0 Å². The summed E-state index contributed by atoms with van der Waals surface area (Å²) < 4.78 is 0. The van der Waals surface area contributed by atoms with Crippen molar-refractivity contribution in [2.24, 2.45) is 0 Å². The molecule has 0 bridgehead atoms. The third-order valence-corrected chi connectivity index (χ3v) is 1.19. The molecule has 0 aromatic carbocycles. The van der Waals surface area contributed by atoms with E-state index in [-0.39, 0.29) is 6.42 Å². The second-order valence-electron chi connectivity index (χ2n) is 2.17. The highest BCUT2D eigenvalue weighted by atomic mass is 16.8. The lowest BCUT2D eigenvalue weighted by molar-refractivity contribution is -0.476. The second kappa shape index (κ2) is 3.85. The first kappa shape index (κ1) is 9.80. The van der Waals surface area contributed by atoms with E-state index in [2.05, 4.69) is 0 Å². The first-order valence-electron chi connectivity index (χ1n) is 3.13. The van der Waals surface area contributed by atoms with Crippen LogP contribution in [0.1, 0.15) is 26.2 Å². The Morgan fingerprint density at radius 3 is 2.10 bits per heavy atom. The number of hydrogen-bond acceptors (Lipinski definition) is 5. The van der Waals surface area contributed by atoms with Crippen molar-refractivity contribution in [3.05, 3.63) is 0 Å². The van der Waals surface area contributed by atoms with Gasteiger partial charge in [0.05, 0.1) is 0 Å². The minimum absolute atomic E-state index is 0.0868. The van der Waals surface area contributed by atoms with Crippen LogP contribution in [-0.4, -0.2) is 31.8 Å². The SMILES string of the molecule is CCCCC(O)(O)N(O)O. The van der Waals surface area contributed by atoms with Gasteiger partial charge < -0.3 is 10.2 Å². The minimum atomic E-state index is -2.50. The lowest BCUT2D eigenvalue weighted by Crippen LogP contribution is -2.44. The molecule has 5 heteroatoms. The maximum absolute atomic E-state index is 8.70. The van der Waals surface area contributed by atoms with Crippen LogP contribution < -0.4 is 0 Å². The van der Waals surface area contributed by atoms with Gasteiger partial charge in [0.2, 0.25) is 0 Å². The van der Waals surface area contributed by atoms with Crippen molar-refractivity contribution in [2.45, 2.75) is 32.1 Å². The maximum atomic E-state index is 8.70. The second-order valence-corrected chi connectivity index (χ2v) is 2.17. The molecule has 0 heterocycles. The highest BCUT2D eigenvalue weighted by Crippen LogP contribution is 2.11. The molecule has 10 heavy (non-hydrogen) atoms. The van der Waals surface area contributed by atoms with Gasteiger partial charge in [0, 0.05) is 6.42 Å². The molecule has 0 fully saturated rings. The summed E-state index contributed by atoms with van der Waals surface area (Å²) in [5.74, 6) is -2.50. The molecule has 0 saturated carbocycles. The zero-order valence-electron chi connectivity index (χ0n) is 5.86. The summed E-state index contributed by atoms with van der Waals surface area (Å²) in [7, 11) is 0. The van der Waals surface area contributed by atoms with Crippen molar-refractivity contribution >= 4 is 0 Å². The summed E-state index contributed by atoms with van der Waals surface area (Å²) in [6.45, 7) is 1.86. The number of hydrogen-bond donors (Lipinski definition) is 4. The van der Waals surface area contributed by atoms with E-state index >= 15 is 0 Å². The fourth-order valence-electron chi connectivity index (χ4n) is 0.514. The molecule has 62 valence electrons. The van der Waals surface area contributed by atoms with Crippen LogP contribution in [0.2, 0.25) is 0 Å². The van der Waals surface area contributed by atoms with E-state index in [0.717, 1.165) is 6.42 Å². The van der Waals surface area contributed by atoms with E-state index in [1.165, 1.54) is 0 Å². The summed E-state index contributed by atoms with van der Waals surface area (Å²) in [4.78, 5) is 0. The van der Waals surface area contributed by atoms with E-state index in [9.17, 15) is 0 Å². The Morgan fingerprint density at radius 1 is 1.30 bits per heavy atom. The van der Waals surface area contributed by atoms with Crippen molar-refractivity contribution in [3.63, 3.8) is 0 Å². The molecule has 0 unspecified atom stereocenters. The normalized spacial score (nSPS) is 12.6. The van der Waals surface area contributed by atoms with Crippen molar-refractivity contribution in [1.82, 2.24) is 5.23 Å². The van der Waals surface area contributed by atoms with Gasteiger partial charge in [-0.2, -0.15) is 0 Å². The summed E-state index contributed by atoms with van der Waals surface area (Å²) in [5, 5.41) is 33.2. The van der Waals surface area contributed by atoms with Crippen molar-refractivity contribution in [2.75, 3.05) is 0 Å². The first-order chi connectivity index (χ1) is 4.50. The van der Waals surface area contributed by atoms with Gasteiger partial charge in [0.25, 0.3) is 5.91 Å². The molecule has 0 aromatic heterocycles. The molecule has 0 atom stereocenters. The number of aliphatic hydroxyl groups is 2. The van der Waals surface area contributed by atoms with Gasteiger partial charge in [-0.3, -0.25) is 10.4 Å². The smallest absolute Gasteiger partial charge is 0.272 e.